The van der Waals surface area contributed by atoms with E-state index in [0.717, 1.165) is 29.7 Å². The topological polar surface area (TPSA) is 61.2 Å². The van der Waals surface area contributed by atoms with Crippen LogP contribution < -0.4 is 14.8 Å². The number of aromatic nitrogens is 3. The molecule has 0 radical (unpaired) electrons. The second kappa shape index (κ2) is 6.30. The molecule has 24 heavy (non-hydrogen) atoms. The minimum absolute atomic E-state index is 0.169. The smallest absolute Gasteiger partial charge is 0.163 e. The largest absolute Gasteiger partial charge is 0.485 e. The Kier molecular flexibility index (Phi) is 4.00. The van der Waals surface area contributed by atoms with E-state index in [-0.39, 0.29) is 6.10 Å². The molecule has 1 fully saturated rings. The number of nitrogens with zero attached hydrogens (tertiary/aromatic N) is 3. The van der Waals surface area contributed by atoms with Crippen molar-refractivity contribution in [2.75, 3.05) is 13.1 Å². The first-order valence-electron chi connectivity index (χ1n) is 7.77. The molecule has 0 bridgehead atoms. The molecule has 2 heterocycles. The first-order chi connectivity index (χ1) is 11.7. The molecule has 7 heteroatoms. The summed E-state index contributed by atoms with van der Waals surface area (Å²) in [6, 6.07) is 11.4. The fraction of sp³-hybridized carbons (Fsp3) is 0.294. The van der Waals surface area contributed by atoms with Gasteiger partial charge in [0.1, 0.15) is 18.2 Å². The zero-order valence-corrected chi connectivity index (χ0v) is 14.0. The molecule has 6 nitrogen and oxygen atoms in total. The summed E-state index contributed by atoms with van der Waals surface area (Å²) in [6.45, 7) is 2.12. The number of hydrogen-bond acceptors (Lipinski definition) is 5. The molecule has 0 atom stereocenters. The van der Waals surface area contributed by atoms with Crippen molar-refractivity contribution in [3.05, 3.63) is 47.0 Å². The Bertz CT molecular complexity index is 876. The summed E-state index contributed by atoms with van der Waals surface area (Å²) in [7, 11) is 1.87. The monoisotopic (exact) mass is 344 g/mol. The number of nitrogens with one attached hydrogen (secondary N) is 1. The third-order valence-corrected chi connectivity index (χ3v) is 4.25. The Morgan fingerprint density at radius 3 is 2.88 bits per heavy atom. The van der Waals surface area contributed by atoms with E-state index in [2.05, 4.69) is 15.6 Å². The van der Waals surface area contributed by atoms with Crippen molar-refractivity contribution in [1.29, 1.82) is 0 Å². The van der Waals surface area contributed by atoms with E-state index >= 15 is 0 Å². The van der Waals surface area contributed by atoms with Crippen molar-refractivity contribution in [3.8, 4) is 11.5 Å². The van der Waals surface area contributed by atoms with E-state index in [1.807, 2.05) is 31.3 Å². The Hall–Kier alpha value is -2.31. The third kappa shape index (κ3) is 3.02. The molecule has 3 aromatic rings. The van der Waals surface area contributed by atoms with Gasteiger partial charge in [-0.25, -0.2) is 4.68 Å². The lowest BCUT2D eigenvalue weighted by Crippen LogP contribution is -2.50. The summed E-state index contributed by atoms with van der Waals surface area (Å²) < 4.78 is 13.6. The van der Waals surface area contributed by atoms with Crippen molar-refractivity contribution >= 4 is 22.6 Å². The van der Waals surface area contributed by atoms with Gasteiger partial charge in [-0.3, -0.25) is 0 Å². The maximum atomic E-state index is 6.08. The Labute approximate surface area is 144 Å². The predicted molar refractivity (Wildman–Crippen MR) is 91.6 cm³/mol. The quantitative estimate of drug-likeness (QED) is 0.770. The zero-order chi connectivity index (χ0) is 16.5. The van der Waals surface area contributed by atoms with Crippen molar-refractivity contribution < 1.29 is 9.47 Å². The van der Waals surface area contributed by atoms with Crippen LogP contribution in [0.4, 0.5) is 0 Å². The van der Waals surface area contributed by atoms with Crippen LogP contribution in [0.3, 0.4) is 0 Å². The normalized spacial score (nSPS) is 14.6. The molecule has 1 saturated heterocycles. The highest BCUT2D eigenvalue weighted by Gasteiger charge is 2.20. The maximum absolute atomic E-state index is 6.08. The number of fused-ring (bicyclic) bond motifs is 1. The Balaban J connectivity index is 1.52. The minimum atomic E-state index is 0.169. The lowest BCUT2D eigenvalue weighted by molar-refractivity contribution is 0.134. The van der Waals surface area contributed by atoms with Crippen LogP contribution in [-0.2, 0) is 13.7 Å². The Morgan fingerprint density at radius 1 is 1.21 bits per heavy atom. The fourth-order valence-electron chi connectivity index (χ4n) is 2.55. The molecule has 1 aliphatic heterocycles. The van der Waals surface area contributed by atoms with Gasteiger partial charge in [0.25, 0.3) is 0 Å². The van der Waals surface area contributed by atoms with Crippen LogP contribution in [0.5, 0.6) is 11.5 Å². The third-order valence-electron chi connectivity index (χ3n) is 4.01. The first kappa shape index (κ1) is 15.2. The van der Waals surface area contributed by atoms with Crippen LogP contribution in [-0.4, -0.2) is 34.2 Å². The highest BCUT2D eigenvalue weighted by molar-refractivity contribution is 6.30. The number of benzene rings is 2. The van der Waals surface area contributed by atoms with Crippen molar-refractivity contribution in [2.45, 2.75) is 12.7 Å². The van der Waals surface area contributed by atoms with Crippen LogP contribution in [0, 0.1) is 0 Å². The van der Waals surface area contributed by atoms with Crippen LogP contribution in [0.25, 0.3) is 11.0 Å². The second-order valence-electron chi connectivity index (χ2n) is 5.81. The Morgan fingerprint density at radius 2 is 2.08 bits per heavy atom. The molecule has 4 rings (SSSR count). The van der Waals surface area contributed by atoms with Gasteiger partial charge in [-0.2, -0.15) is 0 Å². The molecule has 1 N–H and O–H groups in total. The molecule has 0 aliphatic carbocycles. The molecule has 0 unspecified atom stereocenters. The molecule has 0 saturated carbocycles. The van der Waals surface area contributed by atoms with Gasteiger partial charge in [0.2, 0.25) is 0 Å². The number of ether oxygens (including phenoxy) is 2. The summed E-state index contributed by atoms with van der Waals surface area (Å²) in [5.74, 6) is 1.37. The van der Waals surface area contributed by atoms with Gasteiger partial charge >= 0.3 is 0 Å². The van der Waals surface area contributed by atoms with Gasteiger partial charge in [-0.15, -0.1) is 5.10 Å². The highest BCUT2D eigenvalue weighted by Crippen LogP contribution is 2.32. The van der Waals surface area contributed by atoms with Crippen LogP contribution >= 0.6 is 11.6 Å². The van der Waals surface area contributed by atoms with Crippen molar-refractivity contribution in [2.24, 2.45) is 7.05 Å². The van der Waals surface area contributed by atoms with Gasteiger partial charge in [0, 0.05) is 31.2 Å². The molecule has 124 valence electrons. The number of hydrogen-bond donors (Lipinski definition) is 1. The molecule has 0 spiro atoms. The number of aryl methyl sites for hydroxylation is 1. The van der Waals surface area contributed by atoms with E-state index < -0.39 is 0 Å². The molecular weight excluding hydrogens is 328 g/mol. The van der Waals surface area contributed by atoms with Crippen molar-refractivity contribution in [1.82, 2.24) is 20.3 Å². The zero-order valence-electron chi connectivity index (χ0n) is 13.2. The average Bonchev–Trinajstić information content (AvgIpc) is 2.91. The van der Waals surface area contributed by atoms with Crippen LogP contribution in [0.15, 0.2) is 36.4 Å². The first-order valence-corrected chi connectivity index (χ1v) is 8.15. The number of rotatable bonds is 5. The van der Waals surface area contributed by atoms with Gasteiger partial charge in [-0.1, -0.05) is 22.9 Å². The van der Waals surface area contributed by atoms with Crippen LogP contribution in [0.1, 0.15) is 5.56 Å². The van der Waals surface area contributed by atoms with Crippen molar-refractivity contribution in [3.63, 3.8) is 0 Å². The van der Waals surface area contributed by atoms with Gasteiger partial charge in [0.05, 0.1) is 5.52 Å². The van der Waals surface area contributed by atoms with Gasteiger partial charge < -0.3 is 14.8 Å². The minimum Gasteiger partial charge on any atom is -0.485 e. The molecule has 2 aromatic carbocycles. The summed E-state index contributed by atoms with van der Waals surface area (Å²) >= 11 is 6.08. The lowest BCUT2D eigenvalue weighted by atomic mass is 10.2. The summed E-state index contributed by atoms with van der Waals surface area (Å²) in [5.41, 5.74) is 2.89. The maximum Gasteiger partial charge on any atom is 0.163 e. The average molecular weight is 345 g/mol. The van der Waals surface area contributed by atoms with E-state index in [1.165, 1.54) is 0 Å². The highest BCUT2D eigenvalue weighted by atomic mass is 35.5. The van der Waals surface area contributed by atoms with Gasteiger partial charge in [-0.05, 0) is 29.8 Å². The lowest BCUT2D eigenvalue weighted by Gasteiger charge is -2.28. The van der Waals surface area contributed by atoms with Gasteiger partial charge in [0.15, 0.2) is 11.5 Å². The molecule has 1 aliphatic rings. The predicted octanol–water partition coefficient (Wildman–Crippen LogP) is 2.55. The van der Waals surface area contributed by atoms with E-state index in [9.17, 15) is 0 Å². The standard InChI is InChI=1S/C17H17ClN4O2/c1-22-15-6-11(2-4-14(15)20-21-22)10-23-16-5-3-12(18)7-17(16)24-13-8-19-9-13/h2-7,13,19H,8-10H2,1H3. The molecule has 1 aromatic heterocycles. The fourth-order valence-corrected chi connectivity index (χ4v) is 2.71. The summed E-state index contributed by atoms with van der Waals surface area (Å²) in [4.78, 5) is 0. The summed E-state index contributed by atoms with van der Waals surface area (Å²) in [5, 5.41) is 11.9. The molecule has 0 amide bonds. The summed E-state index contributed by atoms with van der Waals surface area (Å²) in [6.07, 6.45) is 0.169. The van der Waals surface area contributed by atoms with E-state index in [0.29, 0.717) is 23.1 Å². The van der Waals surface area contributed by atoms with E-state index in [1.54, 1.807) is 16.8 Å². The number of halogens is 1. The second-order valence-corrected chi connectivity index (χ2v) is 6.25. The van der Waals surface area contributed by atoms with E-state index in [4.69, 9.17) is 21.1 Å². The molecular formula is C17H17ClN4O2. The SMILES string of the molecule is Cn1nnc2ccc(COc3ccc(Cl)cc3OC3CNC3)cc21. The van der Waals surface area contributed by atoms with Crippen LogP contribution in [0.2, 0.25) is 5.02 Å².